The van der Waals surface area contributed by atoms with Crippen molar-refractivity contribution in [2.75, 3.05) is 19.7 Å². The number of nitrogens with one attached hydrogen (secondary N) is 1. The van der Waals surface area contributed by atoms with Gasteiger partial charge in [-0.05, 0) is 24.9 Å². The Morgan fingerprint density at radius 2 is 2.15 bits per heavy atom. The topological polar surface area (TPSA) is 34.4 Å². The van der Waals surface area contributed by atoms with Crippen molar-refractivity contribution < 1.29 is 9.15 Å². The summed E-state index contributed by atoms with van der Waals surface area (Å²) in [6.45, 7) is 7.40. The highest BCUT2D eigenvalue weighted by Crippen LogP contribution is 2.38. The van der Waals surface area contributed by atoms with Crippen LogP contribution in [0.25, 0.3) is 11.0 Å². The first-order chi connectivity index (χ1) is 9.75. The summed E-state index contributed by atoms with van der Waals surface area (Å²) in [4.78, 5) is 0. The Morgan fingerprint density at radius 1 is 1.30 bits per heavy atom. The van der Waals surface area contributed by atoms with Crippen molar-refractivity contribution in [3.05, 3.63) is 36.1 Å². The van der Waals surface area contributed by atoms with Crippen molar-refractivity contribution in [3.8, 4) is 0 Å². The Morgan fingerprint density at radius 3 is 3.00 bits per heavy atom. The van der Waals surface area contributed by atoms with Crippen molar-refractivity contribution >= 4 is 11.0 Å². The molecule has 108 valence electrons. The molecule has 0 spiro atoms. The molecule has 1 aliphatic rings. The molecule has 1 N–H and O–H groups in total. The molecule has 2 atom stereocenters. The predicted molar refractivity (Wildman–Crippen MR) is 80.7 cm³/mol. The normalized spacial score (nSPS) is 22.9. The number of ether oxygens (including phenoxy) is 1. The van der Waals surface area contributed by atoms with Crippen LogP contribution in [0.3, 0.4) is 0 Å². The molecule has 1 fully saturated rings. The van der Waals surface area contributed by atoms with Gasteiger partial charge in [-0.1, -0.05) is 32.0 Å². The largest absolute Gasteiger partial charge is 0.464 e. The van der Waals surface area contributed by atoms with Gasteiger partial charge in [-0.3, -0.25) is 0 Å². The summed E-state index contributed by atoms with van der Waals surface area (Å²) in [5.74, 6) is 1.22. The van der Waals surface area contributed by atoms with E-state index < -0.39 is 0 Å². The second-order valence-corrected chi connectivity index (χ2v) is 6.08. The highest BCUT2D eigenvalue weighted by molar-refractivity contribution is 5.81. The van der Waals surface area contributed by atoms with Crippen LogP contribution in [0.4, 0.5) is 0 Å². The molecule has 20 heavy (non-hydrogen) atoms. The van der Waals surface area contributed by atoms with Crippen LogP contribution in [-0.4, -0.2) is 19.7 Å². The summed E-state index contributed by atoms with van der Waals surface area (Å²) in [7, 11) is 0. The van der Waals surface area contributed by atoms with Crippen LogP contribution in [0, 0.1) is 11.8 Å². The molecule has 3 heteroatoms. The van der Waals surface area contributed by atoms with E-state index in [1.54, 1.807) is 0 Å². The highest BCUT2D eigenvalue weighted by Gasteiger charge is 2.31. The van der Waals surface area contributed by atoms with E-state index in [1.165, 1.54) is 10.9 Å². The minimum atomic E-state index is 0.165. The van der Waals surface area contributed by atoms with Crippen LogP contribution in [0.2, 0.25) is 0 Å². The van der Waals surface area contributed by atoms with Crippen LogP contribution in [-0.2, 0) is 4.74 Å². The molecule has 0 bridgehead atoms. The molecule has 2 aromatic rings. The SMILES string of the molecule is CC(C)CNCC1CCOC1c1coc2ccccc12. The molecule has 3 nitrogen and oxygen atoms in total. The van der Waals surface area contributed by atoms with Gasteiger partial charge in [0.05, 0.1) is 12.4 Å². The van der Waals surface area contributed by atoms with Crippen LogP contribution in [0.1, 0.15) is 31.9 Å². The maximum Gasteiger partial charge on any atom is 0.134 e. The minimum absolute atomic E-state index is 0.165. The quantitative estimate of drug-likeness (QED) is 0.900. The highest BCUT2D eigenvalue weighted by atomic mass is 16.5. The summed E-state index contributed by atoms with van der Waals surface area (Å²) in [6, 6.07) is 8.20. The summed E-state index contributed by atoms with van der Waals surface area (Å²) in [5, 5.41) is 4.74. The maximum absolute atomic E-state index is 5.98. The number of fused-ring (bicyclic) bond motifs is 1. The van der Waals surface area contributed by atoms with Gasteiger partial charge in [0.25, 0.3) is 0 Å². The lowest BCUT2D eigenvalue weighted by Gasteiger charge is -2.19. The van der Waals surface area contributed by atoms with E-state index in [4.69, 9.17) is 9.15 Å². The Bertz CT molecular complexity index is 561. The van der Waals surface area contributed by atoms with Crippen molar-refractivity contribution in [1.29, 1.82) is 0 Å². The van der Waals surface area contributed by atoms with Gasteiger partial charge in [-0.15, -0.1) is 0 Å². The molecule has 1 saturated heterocycles. The predicted octanol–water partition coefficient (Wildman–Crippen LogP) is 3.76. The number of benzene rings is 1. The molecular formula is C17H23NO2. The van der Waals surface area contributed by atoms with Crippen molar-refractivity contribution in [1.82, 2.24) is 5.32 Å². The Balaban J connectivity index is 1.74. The van der Waals surface area contributed by atoms with Gasteiger partial charge in [0.1, 0.15) is 5.58 Å². The fourth-order valence-corrected chi connectivity index (χ4v) is 2.96. The van der Waals surface area contributed by atoms with E-state index >= 15 is 0 Å². The molecule has 0 radical (unpaired) electrons. The fourth-order valence-electron chi connectivity index (χ4n) is 2.96. The van der Waals surface area contributed by atoms with Crippen molar-refractivity contribution in [2.24, 2.45) is 11.8 Å². The monoisotopic (exact) mass is 273 g/mol. The molecule has 3 rings (SSSR count). The maximum atomic E-state index is 5.98. The van der Waals surface area contributed by atoms with E-state index in [2.05, 4.69) is 31.3 Å². The van der Waals surface area contributed by atoms with E-state index in [1.807, 2.05) is 18.4 Å². The van der Waals surface area contributed by atoms with E-state index in [0.717, 1.165) is 31.7 Å². The number of furan rings is 1. The van der Waals surface area contributed by atoms with E-state index in [9.17, 15) is 0 Å². The molecule has 1 aromatic carbocycles. The lowest BCUT2D eigenvalue weighted by molar-refractivity contribution is 0.0908. The van der Waals surface area contributed by atoms with Gasteiger partial charge in [0, 0.05) is 30.0 Å². The summed E-state index contributed by atoms with van der Waals surface area (Å²) < 4.78 is 11.6. The van der Waals surface area contributed by atoms with Crippen LogP contribution in [0.5, 0.6) is 0 Å². The molecule has 2 heterocycles. The number of hydrogen-bond acceptors (Lipinski definition) is 3. The Kier molecular flexibility index (Phi) is 4.08. The van der Waals surface area contributed by atoms with Crippen LogP contribution < -0.4 is 5.32 Å². The van der Waals surface area contributed by atoms with Crippen LogP contribution in [0.15, 0.2) is 34.9 Å². The molecule has 1 aliphatic heterocycles. The van der Waals surface area contributed by atoms with Crippen molar-refractivity contribution in [3.63, 3.8) is 0 Å². The zero-order valence-electron chi connectivity index (χ0n) is 12.3. The van der Waals surface area contributed by atoms with Crippen LogP contribution >= 0.6 is 0 Å². The first-order valence-corrected chi connectivity index (χ1v) is 7.54. The van der Waals surface area contributed by atoms with Crippen molar-refractivity contribution in [2.45, 2.75) is 26.4 Å². The smallest absolute Gasteiger partial charge is 0.134 e. The summed E-state index contributed by atoms with van der Waals surface area (Å²) >= 11 is 0. The number of para-hydroxylation sites is 1. The van der Waals surface area contributed by atoms with Gasteiger partial charge >= 0.3 is 0 Å². The second-order valence-electron chi connectivity index (χ2n) is 6.08. The molecule has 0 amide bonds. The first-order valence-electron chi connectivity index (χ1n) is 7.54. The zero-order chi connectivity index (χ0) is 13.9. The van der Waals surface area contributed by atoms with Gasteiger partial charge in [0.15, 0.2) is 0 Å². The standard InChI is InChI=1S/C17H23NO2/c1-12(2)9-18-10-13-7-8-19-17(13)15-11-20-16-6-4-3-5-14(15)16/h3-6,11-13,17-18H,7-10H2,1-2H3. The molecule has 0 aliphatic carbocycles. The third kappa shape index (κ3) is 2.74. The molecular weight excluding hydrogens is 250 g/mol. The average Bonchev–Trinajstić information content (AvgIpc) is 3.04. The lowest BCUT2D eigenvalue weighted by atomic mass is 9.95. The Labute approximate surface area is 120 Å². The summed E-state index contributed by atoms with van der Waals surface area (Å²) in [6.07, 6.45) is 3.16. The number of hydrogen-bond donors (Lipinski definition) is 1. The first kappa shape index (κ1) is 13.7. The number of rotatable bonds is 5. The molecule has 0 saturated carbocycles. The van der Waals surface area contributed by atoms with Gasteiger partial charge in [-0.25, -0.2) is 0 Å². The summed E-state index contributed by atoms with van der Waals surface area (Å²) in [5.41, 5.74) is 2.15. The third-order valence-corrected chi connectivity index (χ3v) is 3.99. The van der Waals surface area contributed by atoms with E-state index in [-0.39, 0.29) is 6.10 Å². The average molecular weight is 273 g/mol. The van der Waals surface area contributed by atoms with Gasteiger partial charge < -0.3 is 14.5 Å². The zero-order valence-corrected chi connectivity index (χ0v) is 12.3. The fraction of sp³-hybridized carbons (Fsp3) is 0.529. The second kappa shape index (κ2) is 5.98. The minimum Gasteiger partial charge on any atom is -0.464 e. The molecule has 2 unspecified atom stereocenters. The van der Waals surface area contributed by atoms with E-state index in [0.29, 0.717) is 11.8 Å². The Hall–Kier alpha value is -1.32. The molecule has 1 aromatic heterocycles. The van der Waals surface area contributed by atoms with Gasteiger partial charge in [-0.2, -0.15) is 0 Å². The lowest BCUT2D eigenvalue weighted by Crippen LogP contribution is -2.27. The third-order valence-electron chi connectivity index (χ3n) is 3.99. The van der Waals surface area contributed by atoms with Gasteiger partial charge in [0.2, 0.25) is 0 Å².